The summed E-state index contributed by atoms with van der Waals surface area (Å²) >= 11 is 0. The fourth-order valence-electron chi connectivity index (χ4n) is 1.90. The number of hydrogen-bond acceptors (Lipinski definition) is 3. The standard InChI is InChI=1S/C16H12N2O/c19-15-5-1-4-13-7-9-14(18-16(13)15)8-6-12-3-2-10-17-11-12/h1-11,19H/b8-6+. The Morgan fingerprint density at radius 1 is 0.947 bits per heavy atom. The molecule has 1 N–H and O–H groups in total. The van der Waals surface area contributed by atoms with E-state index >= 15 is 0 Å². The average Bonchev–Trinajstić information content (AvgIpc) is 2.47. The van der Waals surface area contributed by atoms with Crippen LogP contribution in [0.15, 0.2) is 54.9 Å². The van der Waals surface area contributed by atoms with E-state index in [9.17, 15) is 5.11 Å². The normalized spacial score (nSPS) is 11.2. The van der Waals surface area contributed by atoms with Crippen LogP contribution in [0, 0.1) is 0 Å². The molecule has 3 rings (SSSR count). The second-order valence-electron chi connectivity index (χ2n) is 4.20. The molecule has 0 radical (unpaired) electrons. The molecular weight excluding hydrogens is 236 g/mol. The summed E-state index contributed by atoms with van der Waals surface area (Å²) in [6.07, 6.45) is 7.38. The highest BCUT2D eigenvalue weighted by atomic mass is 16.3. The lowest BCUT2D eigenvalue weighted by Gasteiger charge is -2.01. The first-order chi connectivity index (χ1) is 9.33. The average molecular weight is 248 g/mol. The van der Waals surface area contributed by atoms with Crippen LogP contribution in [0.25, 0.3) is 23.1 Å². The third-order valence-electron chi connectivity index (χ3n) is 2.85. The summed E-state index contributed by atoms with van der Waals surface area (Å²) in [6.45, 7) is 0. The van der Waals surface area contributed by atoms with Gasteiger partial charge in [0.05, 0.1) is 5.69 Å². The van der Waals surface area contributed by atoms with Gasteiger partial charge in [0.2, 0.25) is 0 Å². The maximum atomic E-state index is 9.78. The second kappa shape index (κ2) is 4.90. The van der Waals surface area contributed by atoms with E-state index in [1.54, 1.807) is 18.5 Å². The van der Waals surface area contributed by atoms with Crippen molar-refractivity contribution in [3.05, 3.63) is 66.1 Å². The van der Waals surface area contributed by atoms with Gasteiger partial charge in [-0.3, -0.25) is 4.98 Å². The maximum absolute atomic E-state index is 9.78. The molecule has 1 aromatic carbocycles. The highest BCUT2D eigenvalue weighted by molar-refractivity contribution is 5.85. The van der Waals surface area contributed by atoms with Crippen LogP contribution in [0.5, 0.6) is 5.75 Å². The number of fused-ring (bicyclic) bond motifs is 1. The van der Waals surface area contributed by atoms with Crippen LogP contribution < -0.4 is 0 Å². The van der Waals surface area contributed by atoms with Crippen molar-refractivity contribution in [1.82, 2.24) is 9.97 Å². The van der Waals surface area contributed by atoms with Crippen molar-refractivity contribution in [3.8, 4) is 5.75 Å². The number of aromatic nitrogens is 2. The van der Waals surface area contributed by atoms with Gasteiger partial charge in [0.1, 0.15) is 11.3 Å². The maximum Gasteiger partial charge on any atom is 0.141 e. The quantitative estimate of drug-likeness (QED) is 0.755. The molecule has 92 valence electrons. The third-order valence-corrected chi connectivity index (χ3v) is 2.85. The number of hydrogen-bond donors (Lipinski definition) is 1. The number of nitrogens with zero attached hydrogens (tertiary/aromatic N) is 2. The molecular formula is C16H12N2O. The molecule has 3 heteroatoms. The molecule has 19 heavy (non-hydrogen) atoms. The Kier molecular flexibility index (Phi) is 2.94. The van der Waals surface area contributed by atoms with Crippen LogP contribution in [-0.4, -0.2) is 15.1 Å². The van der Waals surface area contributed by atoms with Crippen molar-refractivity contribution in [1.29, 1.82) is 0 Å². The Morgan fingerprint density at radius 3 is 2.74 bits per heavy atom. The molecule has 0 saturated carbocycles. The molecule has 0 amide bonds. The SMILES string of the molecule is Oc1cccc2ccc(/C=C/c3cccnc3)nc12. The van der Waals surface area contributed by atoms with Gasteiger partial charge in [-0.25, -0.2) is 4.98 Å². The summed E-state index contributed by atoms with van der Waals surface area (Å²) in [5.41, 5.74) is 2.44. The summed E-state index contributed by atoms with van der Waals surface area (Å²) in [5.74, 6) is 0.203. The van der Waals surface area contributed by atoms with E-state index in [-0.39, 0.29) is 5.75 Å². The molecule has 0 aliphatic rings. The minimum Gasteiger partial charge on any atom is -0.506 e. The van der Waals surface area contributed by atoms with Gasteiger partial charge in [-0.15, -0.1) is 0 Å². The summed E-state index contributed by atoms with van der Waals surface area (Å²) < 4.78 is 0. The first-order valence-corrected chi connectivity index (χ1v) is 6.00. The van der Waals surface area contributed by atoms with E-state index in [0.29, 0.717) is 5.52 Å². The number of rotatable bonds is 2. The zero-order chi connectivity index (χ0) is 13.1. The van der Waals surface area contributed by atoms with Crippen LogP contribution in [-0.2, 0) is 0 Å². The topological polar surface area (TPSA) is 46.0 Å². The number of phenolic OH excluding ortho intramolecular Hbond substituents is 1. The second-order valence-corrected chi connectivity index (χ2v) is 4.20. The number of pyridine rings is 2. The van der Waals surface area contributed by atoms with E-state index in [2.05, 4.69) is 9.97 Å². The van der Waals surface area contributed by atoms with Crippen LogP contribution in [0.4, 0.5) is 0 Å². The minimum absolute atomic E-state index is 0.203. The molecule has 3 nitrogen and oxygen atoms in total. The lowest BCUT2D eigenvalue weighted by atomic mass is 10.1. The van der Waals surface area contributed by atoms with Crippen molar-refractivity contribution in [2.75, 3.05) is 0 Å². The van der Waals surface area contributed by atoms with Crippen LogP contribution >= 0.6 is 0 Å². The van der Waals surface area contributed by atoms with Gasteiger partial charge in [-0.2, -0.15) is 0 Å². The molecule has 0 saturated heterocycles. The first-order valence-electron chi connectivity index (χ1n) is 6.00. The zero-order valence-electron chi connectivity index (χ0n) is 10.2. The number of para-hydroxylation sites is 1. The lowest BCUT2D eigenvalue weighted by molar-refractivity contribution is 0.480. The molecule has 2 aromatic heterocycles. The Balaban J connectivity index is 1.98. The van der Waals surface area contributed by atoms with Gasteiger partial charge in [-0.05, 0) is 29.8 Å². The lowest BCUT2D eigenvalue weighted by Crippen LogP contribution is -1.83. The highest BCUT2D eigenvalue weighted by Crippen LogP contribution is 2.22. The Morgan fingerprint density at radius 2 is 1.89 bits per heavy atom. The fraction of sp³-hybridized carbons (Fsp3) is 0. The highest BCUT2D eigenvalue weighted by Gasteiger charge is 2.00. The van der Waals surface area contributed by atoms with Gasteiger partial charge in [0, 0.05) is 17.8 Å². The molecule has 0 atom stereocenters. The smallest absolute Gasteiger partial charge is 0.141 e. The molecule has 0 fully saturated rings. The Bertz CT molecular complexity index is 736. The number of aromatic hydroxyl groups is 1. The predicted molar refractivity (Wildman–Crippen MR) is 76.6 cm³/mol. The monoisotopic (exact) mass is 248 g/mol. The van der Waals surface area contributed by atoms with Gasteiger partial charge in [-0.1, -0.05) is 30.3 Å². The number of benzene rings is 1. The van der Waals surface area contributed by atoms with Crippen molar-refractivity contribution < 1.29 is 5.11 Å². The zero-order valence-corrected chi connectivity index (χ0v) is 10.2. The molecule has 0 aliphatic heterocycles. The molecule has 0 bridgehead atoms. The minimum atomic E-state index is 0.203. The van der Waals surface area contributed by atoms with Crippen LogP contribution in [0.1, 0.15) is 11.3 Å². The van der Waals surface area contributed by atoms with E-state index < -0.39 is 0 Å². The van der Waals surface area contributed by atoms with Crippen LogP contribution in [0.2, 0.25) is 0 Å². The van der Waals surface area contributed by atoms with E-state index in [0.717, 1.165) is 16.6 Å². The van der Waals surface area contributed by atoms with Crippen molar-refractivity contribution in [3.63, 3.8) is 0 Å². The van der Waals surface area contributed by atoms with Crippen LogP contribution in [0.3, 0.4) is 0 Å². The summed E-state index contributed by atoms with van der Waals surface area (Å²) in [7, 11) is 0. The number of phenols is 1. The summed E-state index contributed by atoms with van der Waals surface area (Å²) in [6, 6.07) is 13.1. The van der Waals surface area contributed by atoms with E-state index in [4.69, 9.17) is 0 Å². The summed E-state index contributed by atoms with van der Waals surface area (Å²) in [4.78, 5) is 8.48. The first kappa shape index (κ1) is 11.4. The molecule has 0 spiro atoms. The molecule has 0 aliphatic carbocycles. The van der Waals surface area contributed by atoms with E-state index in [1.165, 1.54) is 0 Å². The molecule has 0 unspecified atom stereocenters. The van der Waals surface area contributed by atoms with Gasteiger partial charge in [0.25, 0.3) is 0 Å². The van der Waals surface area contributed by atoms with Crippen molar-refractivity contribution in [2.45, 2.75) is 0 Å². The molecule has 2 heterocycles. The van der Waals surface area contributed by atoms with Gasteiger partial charge in [0.15, 0.2) is 0 Å². The predicted octanol–water partition coefficient (Wildman–Crippen LogP) is 3.51. The Labute approximate surface area is 110 Å². The Hall–Kier alpha value is -2.68. The van der Waals surface area contributed by atoms with Gasteiger partial charge >= 0.3 is 0 Å². The summed E-state index contributed by atoms with van der Waals surface area (Å²) in [5, 5.41) is 10.7. The molecule has 3 aromatic rings. The van der Waals surface area contributed by atoms with Crippen molar-refractivity contribution in [2.24, 2.45) is 0 Å². The van der Waals surface area contributed by atoms with Gasteiger partial charge < -0.3 is 5.11 Å². The fourth-order valence-corrected chi connectivity index (χ4v) is 1.90. The van der Waals surface area contributed by atoms with E-state index in [1.807, 2.05) is 48.6 Å². The van der Waals surface area contributed by atoms with Crippen molar-refractivity contribution >= 4 is 23.1 Å². The largest absolute Gasteiger partial charge is 0.506 e. The third kappa shape index (κ3) is 2.45.